The maximum atomic E-state index is 10.6. The van der Waals surface area contributed by atoms with Crippen LogP contribution in [0, 0.1) is 5.92 Å². The summed E-state index contributed by atoms with van der Waals surface area (Å²) in [6.07, 6.45) is 2.10. The van der Waals surface area contributed by atoms with Gasteiger partial charge in [-0.2, -0.15) is 0 Å². The molecule has 0 aromatic heterocycles. The highest BCUT2D eigenvalue weighted by Crippen LogP contribution is 2.37. The average Bonchev–Trinajstić information content (AvgIpc) is 2.42. The van der Waals surface area contributed by atoms with Gasteiger partial charge in [-0.25, -0.2) is 0 Å². The molecule has 0 bridgehead atoms. The number of carbonyl (C=O) groups excluding carboxylic acids is 1. The van der Waals surface area contributed by atoms with E-state index in [9.17, 15) is 4.79 Å². The van der Waals surface area contributed by atoms with Crippen LogP contribution in [-0.4, -0.2) is 11.4 Å². The Bertz CT molecular complexity index is 138. The fourth-order valence-corrected chi connectivity index (χ4v) is 0.884. The third-order valence-corrected chi connectivity index (χ3v) is 1.96. The number of hydrogen-bond acceptors (Lipinski definition) is 2. The zero-order valence-electron chi connectivity index (χ0n) is 5.55. The Labute approximate surface area is 54.4 Å². The van der Waals surface area contributed by atoms with Crippen molar-refractivity contribution in [3.63, 3.8) is 0 Å². The lowest BCUT2D eigenvalue weighted by Crippen LogP contribution is -2.51. The SMILES string of the molecule is C[C@@](N)(C(N)=O)C1CC1. The van der Waals surface area contributed by atoms with Gasteiger partial charge >= 0.3 is 0 Å². The molecule has 1 aliphatic carbocycles. The Hall–Kier alpha value is -0.570. The van der Waals surface area contributed by atoms with Gasteiger partial charge in [-0.15, -0.1) is 0 Å². The quantitative estimate of drug-likeness (QED) is 0.531. The first-order chi connectivity index (χ1) is 4.05. The van der Waals surface area contributed by atoms with E-state index in [0.717, 1.165) is 12.8 Å². The molecule has 3 nitrogen and oxygen atoms in total. The molecule has 0 aliphatic heterocycles. The summed E-state index contributed by atoms with van der Waals surface area (Å²) in [6.45, 7) is 1.70. The average molecular weight is 128 g/mol. The van der Waals surface area contributed by atoms with Crippen molar-refractivity contribution >= 4 is 5.91 Å². The second-order valence-corrected chi connectivity index (χ2v) is 2.92. The molecule has 0 aromatic rings. The van der Waals surface area contributed by atoms with Crippen LogP contribution >= 0.6 is 0 Å². The molecule has 0 radical (unpaired) electrons. The summed E-state index contributed by atoms with van der Waals surface area (Å²) in [5.41, 5.74) is 9.89. The van der Waals surface area contributed by atoms with E-state index in [4.69, 9.17) is 11.5 Å². The molecule has 3 heteroatoms. The molecule has 1 fully saturated rings. The largest absolute Gasteiger partial charge is 0.368 e. The van der Waals surface area contributed by atoms with Crippen LogP contribution in [0.25, 0.3) is 0 Å². The zero-order valence-corrected chi connectivity index (χ0v) is 5.55. The molecule has 1 rings (SSSR count). The van der Waals surface area contributed by atoms with Crippen LogP contribution in [0.2, 0.25) is 0 Å². The molecule has 0 spiro atoms. The van der Waals surface area contributed by atoms with Gasteiger partial charge in [-0.1, -0.05) is 0 Å². The van der Waals surface area contributed by atoms with Crippen LogP contribution in [0.5, 0.6) is 0 Å². The molecule has 52 valence electrons. The number of carbonyl (C=O) groups is 1. The van der Waals surface area contributed by atoms with Crippen LogP contribution in [0.3, 0.4) is 0 Å². The molecule has 0 aromatic carbocycles. The standard InChI is InChI=1S/C6H12N2O/c1-6(8,5(7)9)4-2-3-4/h4H,2-3,8H2,1H3,(H2,7,9)/t6-/m0/s1. The topological polar surface area (TPSA) is 69.1 Å². The first-order valence-electron chi connectivity index (χ1n) is 3.14. The summed E-state index contributed by atoms with van der Waals surface area (Å²) in [4.78, 5) is 10.6. The van der Waals surface area contributed by atoms with Crippen LogP contribution in [-0.2, 0) is 4.79 Å². The highest BCUT2D eigenvalue weighted by molar-refractivity contribution is 5.84. The van der Waals surface area contributed by atoms with E-state index < -0.39 is 5.54 Å². The lowest BCUT2D eigenvalue weighted by Gasteiger charge is -2.18. The van der Waals surface area contributed by atoms with Crippen LogP contribution < -0.4 is 11.5 Å². The Balaban J connectivity index is 2.59. The smallest absolute Gasteiger partial charge is 0.237 e. The van der Waals surface area contributed by atoms with Gasteiger partial charge in [0.25, 0.3) is 0 Å². The lowest BCUT2D eigenvalue weighted by molar-refractivity contribution is -0.123. The molecule has 1 atom stereocenters. The fraction of sp³-hybridized carbons (Fsp3) is 0.833. The van der Waals surface area contributed by atoms with Gasteiger partial charge in [0.05, 0.1) is 5.54 Å². The second kappa shape index (κ2) is 1.70. The van der Waals surface area contributed by atoms with Crippen molar-refractivity contribution in [1.29, 1.82) is 0 Å². The monoisotopic (exact) mass is 128 g/mol. The number of amides is 1. The summed E-state index contributed by atoms with van der Waals surface area (Å²) < 4.78 is 0. The first-order valence-corrected chi connectivity index (χ1v) is 3.14. The summed E-state index contributed by atoms with van der Waals surface area (Å²) in [6, 6.07) is 0. The third kappa shape index (κ3) is 1.05. The lowest BCUT2D eigenvalue weighted by atomic mass is 9.97. The van der Waals surface area contributed by atoms with Gasteiger partial charge in [0.15, 0.2) is 0 Å². The number of primary amides is 1. The minimum absolute atomic E-state index is 0.343. The van der Waals surface area contributed by atoms with Crippen molar-refractivity contribution in [1.82, 2.24) is 0 Å². The summed E-state index contributed by atoms with van der Waals surface area (Å²) in [5, 5.41) is 0. The Morgan fingerprint density at radius 3 is 2.22 bits per heavy atom. The Kier molecular flexibility index (Phi) is 1.24. The maximum absolute atomic E-state index is 10.6. The molecule has 0 saturated heterocycles. The van der Waals surface area contributed by atoms with Gasteiger partial charge in [0.2, 0.25) is 5.91 Å². The highest BCUT2D eigenvalue weighted by Gasteiger charge is 2.42. The predicted octanol–water partition coefficient (Wildman–Crippen LogP) is -0.401. The van der Waals surface area contributed by atoms with Crippen LogP contribution in [0.15, 0.2) is 0 Å². The Morgan fingerprint density at radius 2 is 2.11 bits per heavy atom. The third-order valence-electron chi connectivity index (χ3n) is 1.96. The molecule has 9 heavy (non-hydrogen) atoms. The van der Waals surface area contributed by atoms with Crippen molar-refractivity contribution in [2.24, 2.45) is 17.4 Å². The van der Waals surface area contributed by atoms with Gasteiger partial charge < -0.3 is 11.5 Å². The van der Waals surface area contributed by atoms with Crippen molar-refractivity contribution in [2.45, 2.75) is 25.3 Å². The fourth-order valence-electron chi connectivity index (χ4n) is 0.884. The van der Waals surface area contributed by atoms with Crippen molar-refractivity contribution in [3.05, 3.63) is 0 Å². The molecule has 0 unspecified atom stereocenters. The van der Waals surface area contributed by atoms with E-state index in [1.807, 2.05) is 0 Å². The van der Waals surface area contributed by atoms with Crippen molar-refractivity contribution in [3.8, 4) is 0 Å². The molecular formula is C6H12N2O. The van der Waals surface area contributed by atoms with Gasteiger partial charge in [-0.05, 0) is 25.7 Å². The molecule has 0 heterocycles. The van der Waals surface area contributed by atoms with E-state index in [2.05, 4.69) is 0 Å². The minimum Gasteiger partial charge on any atom is -0.368 e. The summed E-state index contributed by atoms with van der Waals surface area (Å²) >= 11 is 0. The van der Waals surface area contributed by atoms with Gasteiger partial charge in [0, 0.05) is 0 Å². The highest BCUT2D eigenvalue weighted by atomic mass is 16.1. The van der Waals surface area contributed by atoms with Crippen molar-refractivity contribution in [2.75, 3.05) is 0 Å². The Morgan fingerprint density at radius 1 is 1.67 bits per heavy atom. The van der Waals surface area contributed by atoms with E-state index in [1.165, 1.54) is 0 Å². The van der Waals surface area contributed by atoms with E-state index in [-0.39, 0.29) is 5.91 Å². The van der Waals surface area contributed by atoms with Crippen molar-refractivity contribution < 1.29 is 4.79 Å². The number of rotatable bonds is 2. The second-order valence-electron chi connectivity index (χ2n) is 2.92. The minimum atomic E-state index is -0.750. The molecule has 1 aliphatic rings. The van der Waals surface area contributed by atoms with Crippen LogP contribution in [0.4, 0.5) is 0 Å². The number of nitrogens with two attached hydrogens (primary N) is 2. The zero-order chi connectivity index (χ0) is 7.07. The van der Waals surface area contributed by atoms with Gasteiger partial charge in [-0.3, -0.25) is 4.79 Å². The maximum Gasteiger partial charge on any atom is 0.237 e. The van der Waals surface area contributed by atoms with E-state index in [1.54, 1.807) is 6.92 Å². The molecule has 1 amide bonds. The predicted molar refractivity (Wildman–Crippen MR) is 34.5 cm³/mol. The normalized spacial score (nSPS) is 25.1. The van der Waals surface area contributed by atoms with E-state index >= 15 is 0 Å². The van der Waals surface area contributed by atoms with Gasteiger partial charge in [0.1, 0.15) is 0 Å². The summed E-state index contributed by atoms with van der Waals surface area (Å²) in [5.74, 6) is -0.0417. The summed E-state index contributed by atoms with van der Waals surface area (Å²) in [7, 11) is 0. The molecular weight excluding hydrogens is 116 g/mol. The van der Waals surface area contributed by atoms with Crippen LogP contribution in [0.1, 0.15) is 19.8 Å². The molecule has 4 N–H and O–H groups in total. The van der Waals surface area contributed by atoms with E-state index in [0.29, 0.717) is 5.92 Å². The molecule has 1 saturated carbocycles. The number of hydrogen-bond donors (Lipinski definition) is 2. The first kappa shape index (κ1) is 6.55.